The Balaban J connectivity index is 0.000000396. The van der Waals surface area contributed by atoms with Crippen LogP contribution in [-0.4, -0.2) is 90.2 Å². The first-order valence-corrected chi connectivity index (χ1v) is 10.1. The second-order valence-electron chi connectivity index (χ2n) is 8.70. The minimum atomic E-state index is -5.08. The molecule has 0 aliphatic carbocycles. The third kappa shape index (κ3) is 5.60. The molecule has 2 atom stereocenters. The molecule has 0 spiro atoms. The minimum Gasteiger partial charge on any atom is -0.475 e. The van der Waals surface area contributed by atoms with E-state index in [-0.39, 0.29) is 19.6 Å². The summed E-state index contributed by atoms with van der Waals surface area (Å²) in [5, 5.41) is 7.12. The molecule has 30 heavy (non-hydrogen) atoms. The summed E-state index contributed by atoms with van der Waals surface area (Å²) in [6.45, 7) is 6.49. The Morgan fingerprint density at radius 1 is 1.20 bits per heavy atom. The van der Waals surface area contributed by atoms with Crippen LogP contribution < -0.4 is 0 Å². The van der Waals surface area contributed by atoms with Gasteiger partial charge in [-0.1, -0.05) is 13.8 Å². The standard InChI is InChI=1S/C17H28F2N2O2.C2HF3O2/c1-13(2)3-6-20-10-16(18)11-21(15(22)17(16,19)12-20)9-14-4-7-23-8-5-14;3-2(4,5)1(6)7/h13-14H,3-12H2,1-2H3;(H,6,7)/t16-,17+;/m0./s1. The number of carboxylic acid groups (broad SMARTS) is 1. The van der Waals surface area contributed by atoms with Crippen LogP contribution in [0.2, 0.25) is 0 Å². The predicted octanol–water partition coefficient (Wildman–Crippen LogP) is 2.67. The molecule has 0 radical (unpaired) electrons. The van der Waals surface area contributed by atoms with E-state index in [9.17, 15) is 18.0 Å². The first-order chi connectivity index (χ1) is 13.8. The second kappa shape index (κ2) is 9.33. The van der Waals surface area contributed by atoms with Gasteiger partial charge < -0.3 is 14.7 Å². The molecule has 3 fully saturated rings. The highest BCUT2D eigenvalue weighted by Crippen LogP contribution is 2.46. The van der Waals surface area contributed by atoms with Crippen molar-refractivity contribution in [2.75, 3.05) is 45.9 Å². The molecule has 0 aromatic rings. The maximum Gasteiger partial charge on any atom is 0.490 e. The van der Waals surface area contributed by atoms with Crippen LogP contribution >= 0.6 is 0 Å². The molecule has 3 aliphatic heterocycles. The van der Waals surface area contributed by atoms with Crippen molar-refractivity contribution in [3.8, 4) is 0 Å². The lowest BCUT2D eigenvalue weighted by atomic mass is 9.93. The number of ether oxygens (including phenoxy) is 1. The topological polar surface area (TPSA) is 70.1 Å². The third-order valence-electron chi connectivity index (χ3n) is 5.78. The highest BCUT2D eigenvalue weighted by molar-refractivity contribution is 5.90. The Hall–Kier alpha value is -1.49. The van der Waals surface area contributed by atoms with E-state index >= 15 is 8.78 Å². The Morgan fingerprint density at radius 3 is 2.23 bits per heavy atom. The number of carbonyl (C=O) groups excluding carboxylic acids is 1. The summed E-state index contributed by atoms with van der Waals surface area (Å²) in [4.78, 5) is 24.6. The lowest BCUT2D eigenvalue weighted by Gasteiger charge is -2.28. The van der Waals surface area contributed by atoms with E-state index in [0.717, 1.165) is 19.3 Å². The molecule has 3 heterocycles. The van der Waals surface area contributed by atoms with Crippen molar-refractivity contribution in [1.29, 1.82) is 0 Å². The smallest absolute Gasteiger partial charge is 0.475 e. The number of amides is 1. The number of carbonyl (C=O) groups is 2. The van der Waals surface area contributed by atoms with Crippen LogP contribution in [0.15, 0.2) is 0 Å². The number of hydrogen-bond acceptors (Lipinski definition) is 4. The summed E-state index contributed by atoms with van der Waals surface area (Å²) < 4.78 is 67.5. The van der Waals surface area contributed by atoms with Crippen LogP contribution in [0.4, 0.5) is 22.0 Å². The predicted molar refractivity (Wildman–Crippen MR) is 97.4 cm³/mol. The molecule has 0 aromatic carbocycles. The van der Waals surface area contributed by atoms with Gasteiger partial charge in [0.2, 0.25) is 5.67 Å². The molecular weight excluding hydrogens is 415 g/mol. The molecule has 3 saturated heterocycles. The first kappa shape index (κ1) is 24.8. The van der Waals surface area contributed by atoms with Crippen LogP contribution in [0.3, 0.4) is 0 Å². The van der Waals surface area contributed by atoms with E-state index in [0.29, 0.717) is 38.1 Å². The van der Waals surface area contributed by atoms with Crippen molar-refractivity contribution < 1.29 is 41.4 Å². The van der Waals surface area contributed by atoms with Gasteiger partial charge in [0, 0.05) is 32.8 Å². The van der Waals surface area contributed by atoms with Crippen LogP contribution in [-0.2, 0) is 14.3 Å². The zero-order valence-electron chi connectivity index (χ0n) is 17.2. The largest absolute Gasteiger partial charge is 0.490 e. The Kier molecular flexibility index (Phi) is 7.71. The molecule has 1 amide bonds. The lowest BCUT2D eigenvalue weighted by Crippen LogP contribution is -2.47. The van der Waals surface area contributed by atoms with Gasteiger partial charge in [-0.15, -0.1) is 0 Å². The summed E-state index contributed by atoms with van der Waals surface area (Å²) in [6.07, 6.45) is -2.46. The number of alkyl halides is 5. The van der Waals surface area contributed by atoms with E-state index in [1.807, 2.05) is 0 Å². The van der Waals surface area contributed by atoms with Gasteiger partial charge in [0.15, 0.2) is 5.67 Å². The Morgan fingerprint density at radius 2 is 1.77 bits per heavy atom. The third-order valence-corrected chi connectivity index (χ3v) is 5.78. The molecule has 1 N–H and O–H groups in total. The number of rotatable bonds is 5. The molecule has 0 bridgehead atoms. The van der Waals surface area contributed by atoms with Crippen molar-refractivity contribution in [3.05, 3.63) is 0 Å². The lowest BCUT2D eigenvalue weighted by molar-refractivity contribution is -0.192. The van der Waals surface area contributed by atoms with E-state index in [1.165, 1.54) is 4.90 Å². The average molecular weight is 444 g/mol. The number of carboxylic acids is 1. The summed E-state index contributed by atoms with van der Waals surface area (Å²) in [6, 6.07) is 0. The van der Waals surface area contributed by atoms with E-state index in [2.05, 4.69) is 13.8 Å². The summed E-state index contributed by atoms with van der Waals surface area (Å²) >= 11 is 0. The first-order valence-electron chi connectivity index (χ1n) is 10.1. The fourth-order valence-corrected chi connectivity index (χ4v) is 4.03. The van der Waals surface area contributed by atoms with Crippen molar-refractivity contribution in [2.24, 2.45) is 11.8 Å². The van der Waals surface area contributed by atoms with Gasteiger partial charge in [0.25, 0.3) is 5.91 Å². The number of hydrogen-bond donors (Lipinski definition) is 1. The molecule has 11 heteroatoms. The van der Waals surface area contributed by atoms with Gasteiger partial charge in [-0.25, -0.2) is 13.6 Å². The van der Waals surface area contributed by atoms with Crippen LogP contribution in [0.25, 0.3) is 0 Å². The van der Waals surface area contributed by atoms with Crippen molar-refractivity contribution >= 4 is 11.9 Å². The van der Waals surface area contributed by atoms with Crippen LogP contribution in [0.5, 0.6) is 0 Å². The Labute approximate surface area is 172 Å². The van der Waals surface area contributed by atoms with E-state index in [1.54, 1.807) is 4.90 Å². The monoisotopic (exact) mass is 444 g/mol. The maximum absolute atomic E-state index is 15.2. The molecule has 0 saturated carbocycles. The quantitative estimate of drug-likeness (QED) is 0.661. The fourth-order valence-electron chi connectivity index (χ4n) is 4.03. The zero-order chi connectivity index (χ0) is 22.7. The van der Waals surface area contributed by atoms with Gasteiger partial charge in [0.05, 0.1) is 6.54 Å². The van der Waals surface area contributed by atoms with Crippen molar-refractivity contribution in [3.63, 3.8) is 0 Å². The van der Waals surface area contributed by atoms with Gasteiger partial charge in [-0.2, -0.15) is 13.2 Å². The Bertz CT molecular complexity index is 627. The highest BCUT2D eigenvalue weighted by atomic mass is 19.4. The van der Waals surface area contributed by atoms with Crippen LogP contribution in [0.1, 0.15) is 33.1 Å². The highest BCUT2D eigenvalue weighted by Gasteiger charge is 2.70. The van der Waals surface area contributed by atoms with Crippen molar-refractivity contribution in [2.45, 2.75) is 50.6 Å². The fraction of sp³-hybridized carbons (Fsp3) is 0.895. The summed E-state index contributed by atoms with van der Waals surface area (Å²) in [5.74, 6) is -2.61. The minimum absolute atomic E-state index is 0.0340. The number of aliphatic carboxylic acids is 1. The molecule has 0 unspecified atom stereocenters. The SMILES string of the molecule is CC(C)CCN1C[C@]2(F)CN(CC3CCOCC3)C(=O)[C@]2(F)C1.O=C(O)C(F)(F)F. The normalized spacial score (nSPS) is 30.4. The summed E-state index contributed by atoms with van der Waals surface area (Å²) in [5.41, 5.74) is -4.40. The molecule has 6 nitrogen and oxygen atoms in total. The number of halogens is 5. The molecule has 3 rings (SSSR count). The number of likely N-dealkylation sites (tertiary alicyclic amines) is 2. The zero-order valence-corrected chi connectivity index (χ0v) is 17.2. The van der Waals surface area contributed by atoms with Gasteiger partial charge >= 0.3 is 12.1 Å². The molecule has 3 aliphatic rings. The van der Waals surface area contributed by atoms with Gasteiger partial charge in [-0.3, -0.25) is 9.69 Å². The van der Waals surface area contributed by atoms with Gasteiger partial charge in [-0.05, 0) is 37.6 Å². The van der Waals surface area contributed by atoms with E-state index in [4.69, 9.17) is 14.6 Å². The average Bonchev–Trinajstić information content (AvgIpc) is 2.99. The van der Waals surface area contributed by atoms with Crippen LogP contribution in [0, 0.1) is 11.8 Å². The molecular formula is C19H29F5N2O4. The van der Waals surface area contributed by atoms with Crippen molar-refractivity contribution in [1.82, 2.24) is 9.80 Å². The number of nitrogens with zero attached hydrogens (tertiary/aromatic N) is 2. The van der Waals surface area contributed by atoms with E-state index < -0.39 is 29.4 Å². The molecule has 174 valence electrons. The number of fused-ring (bicyclic) bond motifs is 1. The summed E-state index contributed by atoms with van der Waals surface area (Å²) in [7, 11) is 0. The van der Waals surface area contributed by atoms with Gasteiger partial charge in [0.1, 0.15) is 0 Å². The molecule has 0 aromatic heterocycles. The second-order valence-corrected chi connectivity index (χ2v) is 8.70. The maximum atomic E-state index is 15.2.